The molecule has 71 heavy (non-hydrogen) atoms. The number of alkyl carbamates (subject to hydrolysis) is 1. The smallest absolute Gasteiger partial charge is 0.457 e. The third kappa shape index (κ3) is 9.94. The zero-order valence-corrected chi connectivity index (χ0v) is 44.3. The van der Waals surface area contributed by atoms with Crippen molar-refractivity contribution in [1.82, 2.24) is 5.32 Å². The molecule has 2 aromatic carbocycles. The van der Waals surface area contributed by atoms with Crippen LogP contribution >= 0.6 is 11.3 Å². The van der Waals surface area contributed by atoms with E-state index in [1.54, 1.807) is 110 Å². The third-order valence-electron chi connectivity index (χ3n) is 14.9. The Morgan fingerprint density at radius 2 is 1.59 bits per heavy atom. The zero-order chi connectivity index (χ0) is 52.1. The minimum atomic E-state index is -3.01. The predicted molar refractivity (Wildman–Crippen MR) is 263 cm³/mol. The number of ether oxygens (including phenoxy) is 7. The first-order valence-corrected chi connectivity index (χ1v) is 27.9. The third-order valence-corrected chi connectivity index (χ3v) is 18.5. The van der Waals surface area contributed by atoms with Crippen LogP contribution in [0.3, 0.4) is 0 Å². The number of thiophene rings is 1. The summed E-state index contributed by atoms with van der Waals surface area (Å²) >= 11 is 1.31. The van der Waals surface area contributed by atoms with Crippen LogP contribution in [0.1, 0.15) is 103 Å². The SMILES string of the molecule is CCOC(=O)OC1C(=O)[C@@]2(C)C(C(OC(=O)c3ccccc3)[C@]3(O)C[C@H](OC(=O)[C@H](C)[C@@H](NC(=O)OC(C)(C)C)c4cccs4)C(C)=C1C3(C)C)[C@]1(OC(C)=O)CO[C@@H]1C[C@@H]2O[Si](C)(C)c1ccccc1. The molecule has 16 nitrogen and oxygen atoms in total. The summed E-state index contributed by atoms with van der Waals surface area (Å²) in [6, 6.07) is 20.3. The van der Waals surface area contributed by atoms with Crippen LogP contribution in [0.4, 0.5) is 9.59 Å². The van der Waals surface area contributed by atoms with E-state index < -0.39 is 127 Å². The molecular formula is C53H67NO15SSi. The number of carbonyl (C=O) groups is 6. The van der Waals surface area contributed by atoms with Gasteiger partial charge in [0.05, 0.1) is 48.2 Å². The van der Waals surface area contributed by atoms with Crippen molar-refractivity contribution >= 4 is 60.8 Å². The number of aliphatic hydroxyl groups is 1. The Morgan fingerprint density at radius 3 is 2.15 bits per heavy atom. The number of benzene rings is 2. The molecule has 4 aliphatic rings. The van der Waals surface area contributed by atoms with Gasteiger partial charge in [-0.1, -0.05) is 68.4 Å². The van der Waals surface area contributed by atoms with Gasteiger partial charge in [0.15, 0.2) is 17.5 Å². The van der Waals surface area contributed by atoms with Crippen molar-refractivity contribution in [3.8, 4) is 0 Å². The zero-order valence-electron chi connectivity index (χ0n) is 42.5. The molecule has 2 N–H and O–H groups in total. The van der Waals surface area contributed by atoms with Gasteiger partial charge in [0.1, 0.15) is 29.5 Å². The molecule has 0 radical (unpaired) electrons. The molecule has 1 aromatic heterocycles. The second-order valence-electron chi connectivity index (χ2n) is 21.3. The highest BCUT2D eigenvalue weighted by molar-refractivity contribution is 7.10. The fourth-order valence-electron chi connectivity index (χ4n) is 11.2. The lowest BCUT2D eigenvalue weighted by molar-refractivity contribution is -0.344. The Kier molecular flexibility index (Phi) is 15.0. The largest absolute Gasteiger partial charge is 0.509 e. The lowest BCUT2D eigenvalue weighted by Gasteiger charge is -2.68. The second-order valence-corrected chi connectivity index (χ2v) is 26.1. The lowest BCUT2D eigenvalue weighted by atomic mass is 9.44. The summed E-state index contributed by atoms with van der Waals surface area (Å²) in [5, 5.41) is 19.7. The topological polar surface area (TPSA) is 209 Å². The lowest BCUT2D eigenvalue weighted by Crippen LogP contribution is -2.82. The first kappa shape index (κ1) is 53.4. The molecule has 11 atom stereocenters. The number of ketones is 1. The molecule has 1 saturated heterocycles. The van der Waals surface area contributed by atoms with E-state index in [1.165, 1.54) is 18.3 Å². The van der Waals surface area contributed by atoms with E-state index >= 15 is 4.79 Å². The van der Waals surface area contributed by atoms with E-state index in [0.29, 0.717) is 4.88 Å². The second kappa shape index (κ2) is 19.9. The fraction of sp³-hybridized carbons (Fsp3) is 0.547. The van der Waals surface area contributed by atoms with Gasteiger partial charge in [-0.25, -0.2) is 14.4 Å². The van der Waals surface area contributed by atoms with E-state index in [4.69, 9.17) is 37.6 Å². The number of esters is 3. The number of amides is 1. The molecule has 2 saturated carbocycles. The number of carbonyl (C=O) groups excluding carboxylic acids is 6. The maximum atomic E-state index is 16.5. The van der Waals surface area contributed by atoms with Crippen LogP contribution < -0.4 is 10.5 Å². The van der Waals surface area contributed by atoms with Gasteiger partial charge in [0.2, 0.25) is 8.32 Å². The Morgan fingerprint density at radius 1 is 0.944 bits per heavy atom. The van der Waals surface area contributed by atoms with Crippen molar-refractivity contribution in [3.63, 3.8) is 0 Å². The minimum absolute atomic E-state index is 0.0154. The number of Topliss-reactive ketones (excluding diaryl/α,β-unsaturated/α-hetero) is 1. The van der Waals surface area contributed by atoms with Crippen LogP contribution in [0.5, 0.6) is 0 Å². The Balaban J connectivity index is 1.46. The van der Waals surface area contributed by atoms with Gasteiger partial charge in [0.25, 0.3) is 0 Å². The van der Waals surface area contributed by atoms with Gasteiger partial charge < -0.3 is 48.0 Å². The predicted octanol–water partition coefficient (Wildman–Crippen LogP) is 7.91. The number of nitrogens with one attached hydrogen (secondary N) is 1. The molecule has 1 aliphatic heterocycles. The standard InChI is InChI=1S/C53H67NO15SSi/c1-13-62-48(60)65-41-39-30(2)35(64-45(57)31(3)40(36-25-20-26-70-36)54-47(59)68-49(5,6)7)28-53(61,50(39,8)9)44(66-46(58)33-21-16-14-17-22-33)42-51(10,43(41)56)37(27-38-52(42,29-63-38)67-32(4)55)69-71(11,12)34-23-18-15-19-24-34/h14-26,31,35,37-38,40-42,44,61H,13,27-29H2,1-12H3,(H,54,59)/t31-,35+,37+,38-,40-,41?,42?,44?,51-,52+,53-/m1/s1. The van der Waals surface area contributed by atoms with Crippen molar-refractivity contribution in [2.24, 2.45) is 22.7 Å². The summed E-state index contributed by atoms with van der Waals surface area (Å²) in [5.41, 5.74) is -8.03. The molecule has 1 amide bonds. The average Bonchev–Trinajstić information content (AvgIpc) is 3.83. The highest BCUT2D eigenvalue weighted by atomic mass is 32.1. The number of rotatable bonds is 13. The summed E-state index contributed by atoms with van der Waals surface area (Å²) in [5.74, 6) is -5.65. The van der Waals surface area contributed by atoms with E-state index in [-0.39, 0.29) is 36.3 Å². The van der Waals surface area contributed by atoms with Crippen molar-refractivity contribution in [2.75, 3.05) is 13.2 Å². The molecule has 3 fully saturated rings. The summed E-state index contributed by atoms with van der Waals surface area (Å²) in [7, 11) is -3.01. The van der Waals surface area contributed by atoms with Gasteiger partial charge in [-0.15, -0.1) is 11.3 Å². The van der Waals surface area contributed by atoms with Gasteiger partial charge in [-0.2, -0.15) is 0 Å². The van der Waals surface area contributed by atoms with Crippen LogP contribution in [-0.4, -0.2) is 110 Å². The van der Waals surface area contributed by atoms with Crippen molar-refractivity contribution in [2.45, 2.75) is 149 Å². The molecule has 384 valence electrons. The summed E-state index contributed by atoms with van der Waals surface area (Å²) in [6.07, 6.45) is -9.36. The molecule has 7 rings (SSSR count). The monoisotopic (exact) mass is 1020 g/mol. The Bertz CT molecular complexity index is 2530. The number of fused-ring (bicyclic) bond motifs is 5. The first-order chi connectivity index (χ1) is 33.2. The summed E-state index contributed by atoms with van der Waals surface area (Å²) in [4.78, 5) is 87.2. The van der Waals surface area contributed by atoms with Crippen LogP contribution in [0.2, 0.25) is 13.1 Å². The van der Waals surface area contributed by atoms with E-state index in [0.717, 1.165) is 5.19 Å². The summed E-state index contributed by atoms with van der Waals surface area (Å²) in [6.45, 7) is 19.7. The Labute approximate surface area is 420 Å². The van der Waals surface area contributed by atoms with E-state index in [2.05, 4.69) is 5.32 Å². The van der Waals surface area contributed by atoms with Crippen molar-refractivity contribution in [3.05, 3.63) is 99.8 Å². The molecule has 2 bridgehead atoms. The van der Waals surface area contributed by atoms with Gasteiger partial charge in [0, 0.05) is 30.1 Å². The minimum Gasteiger partial charge on any atom is -0.457 e. The van der Waals surface area contributed by atoms with Crippen LogP contribution in [0.15, 0.2) is 89.3 Å². The molecular weight excluding hydrogens is 951 g/mol. The van der Waals surface area contributed by atoms with Crippen LogP contribution in [0, 0.1) is 22.7 Å². The molecule has 0 spiro atoms. The van der Waals surface area contributed by atoms with Gasteiger partial charge in [-0.3, -0.25) is 14.4 Å². The molecule has 18 heteroatoms. The van der Waals surface area contributed by atoms with Gasteiger partial charge in [-0.05, 0) is 101 Å². The van der Waals surface area contributed by atoms with Crippen LogP contribution in [-0.2, 0) is 52.0 Å². The molecule has 3 aliphatic carbocycles. The van der Waals surface area contributed by atoms with E-state index in [1.807, 2.05) is 43.4 Å². The summed E-state index contributed by atoms with van der Waals surface area (Å²) < 4.78 is 50.2. The first-order valence-electron chi connectivity index (χ1n) is 24.1. The average molecular weight is 1020 g/mol. The van der Waals surface area contributed by atoms with Gasteiger partial charge >= 0.3 is 30.2 Å². The fourth-order valence-corrected chi connectivity index (χ4v) is 14.3. The van der Waals surface area contributed by atoms with Crippen molar-refractivity contribution < 1.29 is 71.5 Å². The van der Waals surface area contributed by atoms with E-state index in [9.17, 15) is 29.1 Å². The molecule has 3 aromatic rings. The molecule has 3 unspecified atom stereocenters. The Hall–Kier alpha value is -5.40. The molecule has 2 heterocycles. The normalized spacial score (nSPS) is 29.8. The van der Waals surface area contributed by atoms with Crippen molar-refractivity contribution in [1.29, 1.82) is 0 Å². The highest BCUT2D eigenvalue weighted by Gasteiger charge is 2.79. The maximum Gasteiger partial charge on any atom is 0.509 e. The van der Waals surface area contributed by atoms with Crippen LogP contribution in [0.25, 0.3) is 0 Å². The quantitative estimate of drug-likeness (QED) is 0.0722. The maximum absolute atomic E-state index is 16.5. The highest BCUT2D eigenvalue weighted by Crippen LogP contribution is 2.65. The number of hydrogen-bond acceptors (Lipinski definition) is 16. The number of hydrogen-bond donors (Lipinski definition) is 2.